The van der Waals surface area contributed by atoms with E-state index in [1.807, 2.05) is 83.1 Å². The van der Waals surface area contributed by atoms with Crippen molar-refractivity contribution in [2.24, 2.45) is 57.3 Å². The Balaban J connectivity index is 1.25. The van der Waals surface area contributed by atoms with E-state index in [9.17, 15) is 62.6 Å². The zero-order valence-corrected chi connectivity index (χ0v) is 65.7. The number of amides is 12. The van der Waals surface area contributed by atoms with Gasteiger partial charge < -0.3 is 102 Å². The Labute approximate surface area is 647 Å². The second-order valence-electron chi connectivity index (χ2n) is 29.0. The van der Waals surface area contributed by atoms with Crippen LogP contribution in [0, 0.1) is 23.7 Å². The summed E-state index contributed by atoms with van der Waals surface area (Å²) in [5.74, 6) is -10.2. The highest BCUT2D eigenvalue weighted by Crippen LogP contribution is 2.23. The largest absolute Gasteiger partial charge is 0.508 e. The summed E-state index contributed by atoms with van der Waals surface area (Å²) in [7, 11) is 0. The third kappa shape index (κ3) is 29.3. The monoisotopic (exact) mass is 1550 g/mol. The molecule has 0 saturated carbocycles. The number of H-pyrrole nitrogens is 2. The van der Waals surface area contributed by atoms with Gasteiger partial charge in [-0.2, -0.15) is 11.8 Å². The first-order valence-electron chi connectivity index (χ1n) is 37.7. The van der Waals surface area contributed by atoms with Crippen LogP contribution in [0.15, 0.2) is 90.2 Å². The van der Waals surface area contributed by atoms with E-state index in [0.29, 0.717) is 42.6 Å². The number of aromatic hydroxyl groups is 1. The molecule has 0 saturated heterocycles. The van der Waals surface area contributed by atoms with Gasteiger partial charge in [-0.15, -0.1) is 0 Å². The van der Waals surface area contributed by atoms with Gasteiger partial charge in [0.1, 0.15) is 66.2 Å². The topological polar surface area (TPSA) is 531 Å². The van der Waals surface area contributed by atoms with E-state index >= 15 is 0 Å². The summed E-state index contributed by atoms with van der Waals surface area (Å²) >= 11 is 1.37. The normalized spacial score (nSPS) is 14.9. The smallest absolute Gasteiger partial charge is 0.243 e. The van der Waals surface area contributed by atoms with Gasteiger partial charge in [-0.05, 0) is 148 Å². The van der Waals surface area contributed by atoms with E-state index < -0.39 is 156 Å². The van der Waals surface area contributed by atoms with Crippen LogP contribution in [-0.2, 0) is 76.8 Å². The van der Waals surface area contributed by atoms with Crippen molar-refractivity contribution in [1.29, 1.82) is 0 Å². The second-order valence-corrected chi connectivity index (χ2v) is 29.9. The SMILES string of the molecule is CC[C@@H](C)[C@@H](NC(=O)CNC(=O)[C@@H](C)NC(=O)[C@@H](CCSC)NC(=O)[C@@H](Cc1ccc(O)cc1)NC(=O)[C@H](NC(=O)[C@@H](CC(C)C)NC(=O)[C@H](N)Cc1c[nH]c2ccccc12)[C@H](C)CC)C(=O)N[C@H](CC(C)C)C(=O)N[C@H](CCCCN)C(=O)N[C@H](CCCN=C(N)N)C(=O)N[C@H](Cc1c[nH]c2ccccc12)C(N)=O. The molecule has 24 N–H and O–H groups in total. The molecule has 2 heterocycles. The van der Waals surface area contributed by atoms with Gasteiger partial charge in [0.15, 0.2) is 5.96 Å². The maximum Gasteiger partial charge on any atom is 0.243 e. The number of carbonyl (C=O) groups is 12. The Hall–Kier alpha value is -10.3. The molecule has 0 fully saturated rings. The van der Waals surface area contributed by atoms with Crippen LogP contribution in [0.3, 0.4) is 0 Å². The van der Waals surface area contributed by atoms with E-state index in [1.165, 1.54) is 30.8 Å². The van der Waals surface area contributed by atoms with Crippen LogP contribution in [0.25, 0.3) is 21.8 Å². The Morgan fingerprint density at radius 1 is 0.482 bits per heavy atom. The third-order valence-electron chi connectivity index (χ3n) is 19.1. The molecule has 5 rings (SSSR count). The van der Waals surface area contributed by atoms with Gasteiger partial charge in [-0.3, -0.25) is 62.5 Å². The molecule has 12 amide bonds. The predicted octanol–water partition coefficient (Wildman–Crippen LogP) is 1.30. The molecule has 5 aromatic rings. The molecule has 2 aromatic heterocycles. The van der Waals surface area contributed by atoms with Gasteiger partial charge >= 0.3 is 0 Å². The molecule has 0 aliphatic heterocycles. The molecular formula is C77H117N19O13S. The molecular weight excluding hydrogens is 1430 g/mol. The third-order valence-corrected chi connectivity index (χ3v) is 19.7. The van der Waals surface area contributed by atoms with Gasteiger partial charge in [0.2, 0.25) is 70.9 Å². The Morgan fingerprint density at radius 2 is 0.927 bits per heavy atom. The molecule has 33 heteroatoms. The highest BCUT2D eigenvalue weighted by atomic mass is 32.2. The van der Waals surface area contributed by atoms with Gasteiger partial charge in [-0.25, -0.2) is 0 Å². The number of rotatable bonds is 48. The Morgan fingerprint density at radius 3 is 1.44 bits per heavy atom. The second kappa shape index (κ2) is 45.6. The maximum absolute atomic E-state index is 14.6. The van der Waals surface area contributed by atoms with Crippen molar-refractivity contribution >= 4 is 110 Å². The summed E-state index contributed by atoms with van der Waals surface area (Å²) in [6, 6.07) is 7.28. The van der Waals surface area contributed by atoms with Gasteiger partial charge in [-0.1, -0.05) is 117 Å². The number of para-hydroxylation sites is 2. The van der Waals surface area contributed by atoms with Crippen molar-refractivity contribution in [3.63, 3.8) is 0 Å². The lowest BCUT2D eigenvalue weighted by Crippen LogP contribution is -2.61. The van der Waals surface area contributed by atoms with Crippen molar-refractivity contribution < 1.29 is 62.6 Å². The number of nitrogens with zero attached hydrogens (tertiary/aromatic N) is 1. The van der Waals surface area contributed by atoms with Crippen molar-refractivity contribution in [3.8, 4) is 5.75 Å². The molecule has 0 aliphatic rings. The number of phenolic OH excluding ortho intramolecular Hbond substituents is 1. The molecule has 3 aromatic carbocycles. The molecule has 0 aliphatic carbocycles. The summed E-state index contributed by atoms with van der Waals surface area (Å²) in [5, 5.41) is 41.8. The van der Waals surface area contributed by atoms with Crippen molar-refractivity contribution in [3.05, 3.63) is 102 Å². The molecule has 604 valence electrons. The summed E-state index contributed by atoms with van der Waals surface area (Å²) in [6.45, 7) is 15.5. The van der Waals surface area contributed by atoms with Crippen LogP contribution >= 0.6 is 11.8 Å². The molecule has 0 unspecified atom stereocenters. The summed E-state index contributed by atoms with van der Waals surface area (Å²) in [6.07, 6.45) is 7.51. The number of fused-ring (bicyclic) bond motifs is 2. The van der Waals surface area contributed by atoms with E-state index in [-0.39, 0.29) is 94.4 Å². The number of nitrogens with one attached hydrogen (secondary N) is 13. The quantitative estimate of drug-likeness (QED) is 0.0148. The van der Waals surface area contributed by atoms with Gasteiger partial charge in [0, 0.05) is 53.6 Å². The van der Waals surface area contributed by atoms with Crippen molar-refractivity contribution in [2.75, 3.05) is 31.6 Å². The minimum Gasteiger partial charge on any atom is -0.508 e. The average molecular weight is 1550 g/mol. The standard InChI is InChI=1S/C77H117N19O13S/c1-11-44(7)64(75(108)93-60(34-42(3)4)72(105)89-56(24-17-18-31-78)70(103)88-57(25-19-32-83-77(81)82)71(104)91-59(66(80)99)38-49-40-85-55-23-16-14-21-52(49)55)95-63(98)41-86-67(100)46(9)87-69(102)58(30-33-110-10)90-73(106)62(36-47-26-28-50(97)29-27-47)94-76(109)65(45(8)12-2)96-74(107)61(35-43(5)6)92-68(101)53(79)37-48-39-84-54-22-15-13-20-51(48)54/h13-16,20-23,26-29,39-40,42-46,53,56-62,64-65,84-85,97H,11-12,17-19,24-25,30-38,41,78-79H2,1-10H3,(H2,80,99)(H,86,100)(H,87,102)(H,88,103)(H,89,105)(H,90,106)(H,91,104)(H,92,101)(H,93,108)(H,94,109)(H,95,98)(H,96,107)(H4,81,82,83)/t44-,45-,46-,53-,56-,57-,58-,59-,60-,61-,62-,64-,65-/m1/s1. The Kier molecular flexibility index (Phi) is 37.5. The lowest BCUT2D eigenvalue weighted by molar-refractivity contribution is -0.136. The van der Waals surface area contributed by atoms with E-state index in [2.05, 4.69) is 73.4 Å². The zero-order chi connectivity index (χ0) is 81.3. The molecule has 13 atom stereocenters. The summed E-state index contributed by atoms with van der Waals surface area (Å²) < 4.78 is 0. The number of thioether (sulfide) groups is 1. The van der Waals surface area contributed by atoms with Crippen LogP contribution in [0.5, 0.6) is 5.75 Å². The number of nitrogens with two attached hydrogens (primary N) is 5. The number of benzene rings is 3. The number of primary amides is 1. The number of aromatic amines is 2. The molecule has 32 nitrogen and oxygen atoms in total. The number of guanidine groups is 1. The fraction of sp³-hybridized carbons (Fsp3) is 0.545. The van der Waals surface area contributed by atoms with Gasteiger partial charge in [0.05, 0.1) is 12.6 Å². The number of phenols is 1. The van der Waals surface area contributed by atoms with Crippen LogP contribution in [-0.4, -0.2) is 190 Å². The lowest BCUT2D eigenvalue weighted by atomic mass is 9.95. The van der Waals surface area contributed by atoms with Crippen molar-refractivity contribution in [1.82, 2.24) is 68.5 Å². The number of hydrogen-bond donors (Lipinski definition) is 19. The van der Waals surface area contributed by atoms with Gasteiger partial charge in [0.25, 0.3) is 0 Å². The highest BCUT2D eigenvalue weighted by Gasteiger charge is 2.38. The predicted molar refractivity (Wildman–Crippen MR) is 425 cm³/mol. The maximum atomic E-state index is 14.6. The molecule has 0 bridgehead atoms. The fourth-order valence-corrected chi connectivity index (χ4v) is 12.8. The van der Waals surface area contributed by atoms with Crippen LogP contribution in [0.1, 0.15) is 143 Å². The Bertz CT molecular complexity index is 3920. The van der Waals surface area contributed by atoms with E-state index in [0.717, 1.165) is 27.4 Å². The molecule has 0 radical (unpaired) electrons. The lowest BCUT2D eigenvalue weighted by Gasteiger charge is -2.30. The zero-order valence-electron chi connectivity index (χ0n) is 64.9. The first kappa shape index (κ1) is 90.3. The van der Waals surface area contributed by atoms with Crippen LogP contribution in [0.2, 0.25) is 0 Å². The fourth-order valence-electron chi connectivity index (χ4n) is 12.4. The first-order chi connectivity index (χ1) is 52.3. The summed E-state index contributed by atoms with van der Waals surface area (Å²) in [4.78, 5) is 180. The number of unbranched alkanes of at least 4 members (excludes halogenated alkanes) is 1. The number of aromatic nitrogens is 2. The van der Waals surface area contributed by atoms with E-state index in [1.54, 1.807) is 51.6 Å². The highest BCUT2D eigenvalue weighted by molar-refractivity contribution is 7.98. The molecule has 110 heavy (non-hydrogen) atoms. The summed E-state index contributed by atoms with van der Waals surface area (Å²) in [5.41, 5.74) is 33.0. The minimum absolute atomic E-state index is 0.00788. The molecule has 0 spiro atoms. The number of carbonyl (C=O) groups excluding carboxylic acids is 12. The van der Waals surface area contributed by atoms with E-state index in [4.69, 9.17) is 28.7 Å². The minimum atomic E-state index is -1.38. The number of hydrogen-bond acceptors (Lipinski definition) is 17. The van der Waals surface area contributed by atoms with Crippen molar-refractivity contribution in [2.45, 2.75) is 212 Å². The number of aliphatic imine (C=N–C) groups is 1. The van der Waals surface area contributed by atoms with Crippen LogP contribution < -0.4 is 87.2 Å². The average Bonchev–Trinajstić information content (AvgIpc) is 1.64. The van der Waals surface area contributed by atoms with Crippen LogP contribution in [0.4, 0.5) is 0 Å². The first-order valence-corrected chi connectivity index (χ1v) is 39.1.